The van der Waals surface area contributed by atoms with Gasteiger partial charge in [0.25, 0.3) is 5.91 Å². The first-order valence-electron chi connectivity index (χ1n) is 9.42. The number of aryl methyl sites for hydroxylation is 1. The fourth-order valence-corrected chi connectivity index (χ4v) is 3.38. The Balaban J connectivity index is 1.40. The van der Waals surface area contributed by atoms with Crippen molar-refractivity contribution in [1.29, 1.82) is 0 Å². The van der Waals surface area contributed by atoms with E-state index in [1.165, 1.54) is 5.56 Å². The zero-order valence-corrected chi connectivity index (χ0v) is 16.6. The topological polar surface area (TPSA) is 64.6 Å². The van der Waals surface area contributed by atoms with E-state index in [0.29, 0.717) is 11.4 Å². The minimum absolute atomic E-state index is 0.00144. The molecule has 0 saturated heterocycles. The second-order valence-corrected chi connectivity index (χ2v) is 7.50. The third-order valence-electron chi connectivity index (χ3n) is 4.72. The summed E-state index contributed by atoms with van der Waals surface area (Å²) in [6.07, 6.45) is 2.19. The number of nitrogens with one attached hydrogen (secondary N) is 1. The molecule has 1 aliphatic heterocycles. The molecule has 1 amide bonds. The number of halogens is 1. The van der Waals surface area contributed by atoms with Crippen LogP contribution in [0.15, 0.2) is 48.5 Å². The lowest BCUT2D eigenvalue weighted by Gasteiger charge is -2.24. The summed E-state index contributed by atoms with van der Waals surface area (Å²) in [5.74, 6) is -0.431. The Morgan fingerprint density at radius 1 is 1.25 bits per heavy atom. The third kappa shape index (κ3) is 5.73. The summed E-state index contributed by atoms with van der Waals surface area (Å²) in [5.41, 5.74) is 2.10. The highest BCUT2D eigenvalue weighted by atomic mass is 35.5. The van der Waals surface area contributed by atoms with Crippen LogP contribution in [-0.4, -0.2) is 31.1 Å². The molecule has 0 spiro atoms. The maximum absolute atomic E-state index is 12.3. The number of hydrogen-bond donors (Lipinski definition) is 1. The first-order chi connectivity index (χ1) is 13.5. The molecular formula is C22H24ClNO4. The van der Waals surface area contributed by atoms with Crippen LogP contribution in [0.5, 0.6) is 5.75 Å². The molecule has 0 saturated carbocycles. The van der Waals surface area contributed by atoms with Crippen molar-refractivity contribution in [1.82, 2.24) is 5.32 Å². The lowest BCUT2D eigenvalue weighted by molar-refractivity contribution is -0.154. The van der Waals surface area contributed by atoms with E-state index in [2.05, 4.69) is 17.4 Å². The average Bonchev–Trinajstić information content (AvgIpc) is 2.70. The van der Waals surface area contributed by atoms with Crippen molar-refractivity contribution in [2.75, 3.05) is 13.2 Å². The molecule has 0 bridgehead atoms. The number of carbonyl (C=O) groups is 2. The SMILES string of the molecule is C[C@H](CCc1ccccc1)NC(=O)COC(=O)[C@@H]1COc2ccc(Cl)cc2C1. The van der Waals surface area contributed by atoms with Gasteiger partial charge in [0.15, 0.2) is 6.61 Å². The summed E-state index contributed by atoms with van der Waals surface area (Å²) in [6, 6.07) is 15.4. The maximum atomic E-state index is 12.3. The summed E-state index contributed by atoms with van der Waals surface area (Å²) < 4.78 is 10.8. The van der Waals surface area contributed by atoms with E-state index in [4.69, 9.17) is 21.1 Å². The molecule has 1 N–H and O–H groups in total. The van der Waals surface area contributed by atoms with Gasteiger partial charge >= 0.3 is 5.97 Å². The number of esters is 1. The Labute approximate surface area is 170 Å². The van der Waals surface area contributed by atoms with E-state index >= 15 is 0 Å². The molecule has 1 heterocycles. The van der Waals surface area contributed by atoms with Crippen LogP contribution in [0.2, 0.25) is 5.02 Å². The van der Waals surface area contributed by atoms with E-state index in [9.17, 15) is 9.59 Å². The largest absolute Gasteiger partial charge is 0.492 e. The van der Waals surface area contributed by atoms with Gasteiger partial charge in [-0.1, -0.05) is 41.9 Å². The van der Waals surface area contributed by atoms with Gasteiger partial charge < -0.3 is 14.8 Å². The van der Waals surface area contributed by atoms with Crippen LogP contribution in [-0.2, 0) is 27.2 Å². The van der Waals surface area contributed by atoms with Gasteiger partial charge in [-0.2, -0.15) is 0 Å². The number of benzene rings is 2. The first-order valence-corrected chi connectivity index (χ1v) is 9.80. The van der Waals surface area contributed by atoms with E-state index in [1.54, 1.807) is 18.2 Å². The predicted molar refractivity (Wildman–Crippen MR) is 107 cm³/mol. The molecule has 0 aliphatic carbocycles. The molecule has 6 heteroatoms. The molecule has 0 fully saturated rings. The average molecular weight is 402 g/mol. The van der Waals surface area contributed by atoms with Crippen molar-refractivity contribution < 1.29 is 19.1 Å². The quantitative estimate of drug-likeness (QED) is 0.720. The molecule has 5 nitrogen and oxygen atoms in total. The van der Waals surface area contributed by atoms with Crippen LogP contribution < -0.4 is 10.1 Å². The number of carbonyl (C=O) groups excluding carboxylic acids is 2. The van der Waals surface area contributed by atoms with Crippen molar-refractivity contribution in [2.24, 2.45) is 5.92 Å². The molecule has 0 aromatic heterocycles. The Hall–Kier alpha value is -2.53. The number of rotatable bonds is 7. The summed E-state index contributed by atoms with van der Waals surface area (Å²) >= 11 is 6.00. The van der Waals surface area contributed by atoms with Crippen LogP contribution in [0.3, 0.4) is 0 Å². The van der Waals surface area contributed by atoms with Crippen LogP contribution in [0.25, 0.3) is 0 Å². The smallest absolute Gasteiger partial charge is 0.313 e. The molecule has 2 aromatic carbocycles. The standard InChI is InChI=1S/C22H24ClNO4/c1-15(7-8-16-5-3-2-4-6-16)24-21(25)14-28-22(26)18-11-17-12-19(23)9-10-20(17)27-13-18/h2-6,9-10,12,15,18H,7-8,11,13-14H2,1H3,(H,24,25)/t15-,18+/m1/s1. The van der Waals surface area contributed by atoms with Crippen molar-refractivity contribution in [3.8, 4) is 5.75 Å². The van der Waals surface area contributed by atoms with E-state index < -0.39 is 11.9 Å². The van der Waals surface area contributed by atoms with Crippen LogP contribution in [0, 0.1) is 5.92 Å². The van der Waals surface area contributed by atoms with Gasteiger partial charge in [0.1, 0.15) is 12.4 Å². The summed E-state index contributed by atoms with van der Waals surface area (Å²) in [4.78, 5) is 24.3. The molecule has 0 unspecified atom stereocenters. The van der Waals surface area contributed by atoms with E-state index in [-0.39, 0.29) is 25.2 Å². The summed E-state index contributed by atoms with van der Waals surface area (Å²) in [6.45, 7) is 1.90. The van der Waals surface area contributed by atoms with Crippen molar-refractivity contribution in [3.05, 3.63) is 64.7 Å². The fraction of sp³-hybridized carbons (Fsp3) is 0.364. The van der Waals surface area contributed by atoms with Gasteiger partial charge in [-0.05, 0) is 55.5 Å². The fourth-order valence-electron chi connectivity index (χ4n) is 3.19. The van der Waals surface area contributed by atoms with Crippen molar-refractivity contribution in [2.45, 2.75) is 32.2 Å². The summed E-state index contributed by atoms with van der Waals surface area (Å²) in [5, 5.41) is 3.46. The van der Waals surface area contributed by atoms with E-state index in [1.807, 2.05) is 25.1 Å². The molecule has 28 heavy (non-hydrogen) atoms. The van der Waals surface area contributed by atoms with Gasteiger partial charge in [0.2, 0.25) is 0 Å². The Bertz CT molecular complexity index is 825. The Morgan fingerprint density at radius 3 is 2.82 bits per heavy atom. The van der Waals surface area contributed by atoms with Crippen molar-refractivity contribution in [3.63, 3.8) is 0 Å². The highest BCUT2D eigenvalue weighted by Gasteiger charge is 2.28. The first kappa shape index (κ1) is 20.2. The minimum Gasteiger partial charge on any atom is -0.492 e. The number of fused-ring (bicyclic) bond motifs is 1. The highest BCUT2D eigenvalue weighted by molar-refractivity contribution is 6.30. The van der Waals surface area contributed by atoms with Gasteiger partial charge in [0.05, 0.1) is 5.92 Å². The maximum Gasteiger partial charge on any atom is 0.313 e. The number of hydrogen-bond acceptors (Lipinski definition) is 4. The lowest BCUT2D eigenvalue weighted by Crippen LogP contribution is -2.37. The van der Waals surface area contributed by atoms with Gasteiger partial charge in [-0.15, -0.1) is 0 Å². The van der Waals surface area contributed by atoms with Crippen molar-refractivity contribution >= 4 is 23.5 Å². The monoisotopic (exact) mass is 401 g/mol. The van der Waals surface area contributed by atoms with Crippen LogP contribution in [0.4, 0.5) is 0 Å². The lowest BCUT2D eigenvalue weighted by atomic mass is 9.97. The molecule has 1 aliphatic rings. The number of amides is 1. The predicted octanol–water partition coefficient (Wildman–Crippen LogP) is 3.57. The molecule has 2 aromatic rings. The molecule has 2 atom stereocenters. The van der Waals surface area contributed by atoms with Gasteiger partial charge in [0, 0.05) is 11.1 Å². The Kier molecular flexibility index (Phi) is 6.93. The summed E-state index contributed by atoms with van der Waals surface area (Å²) in [7, 11) is 0. The highest BCUT2D eigenvalue weighted by Crippen LogP contribution is 2.30. The van der Waals surface area contributed by atoms with E-state index in [0.717, 1.165) is 24.2 Å². The molecule has 0 radical (unpaired) electrons. The van der Waals surface area contributed by atoms with Gasteiger partial charge in [-0.25, -0.2) is 0 Å². The zero-order valence-electron chi connectivity index (χ0n) is 15.8. The normalized spacial score (nSPS) is 16.4. The minimum atomic E-state index is -0.436. The van der Waals surface area contributed by atoms with Gasteiger partial charge in [-0.3, -0.25) is 9.59 Å². The molecular weight excluding hydrogens is 378 g/mol. The second-order valence-electron chi connectivity index (χ2n) is 7.06. The molecule has 148 valence electrons. The Morgan fingerprint density at radius 2 is 2.04 bits per heavy atom. The van der Waals surface area contributed by atoms with Crippen LogP contribution >= 0.6 is 11.6 Å². The second kappa shape index (κ2) is 9.60. The molecule has 3 rings (SSSR count). The van der Waals surface area contributed by atoms with Crippen LogP contribution in [0.1, 0.15) is 24.5 Å². The third-order valence-corrected chi connectivity index (χ3v) is 4.96. The zero-order chi connectivity index (χ0) is 19.9. The number of ether oxygens (including phenoxy) is 2.